The molecule has 0 amide bonds. The van der Waals surface area contributed by atoms with Crippen molar-refractivity contribution >= 4 is 24.2 Å². The summed E-state index contributed by atoms with van der Waals surface area (Å²) in [6.07, 6.45) is 2.97. The quantitative estimate of drug-likeness (QED) is 0.835. The summed E-state index contributed by atoms with van der Waals surface area (Å²) in [6.45, 7) is 2.21. The van der Waals surface area contributed by atoms with Crippen LogP contribution >= 0.6 is 12.4 Å². The van der Waals surface area contributed by atoms with Gasteiger partial charge in [-0.15, -0.1) is 12.4 Å². The van der Waals surface area contributed by atoms with Gasteiger partial charge in [-0.1, -0.05) is 24.3 Å². The van der Waals surface area contributed by atoms with Crippen molar-refractivity contribution in [2.75, 3.05) is 25.9 Å². The number of hydrogen-bond acceptors (Lipinski definition) is 5. The SMILES string of the molecule is COC(=O)c1cc(-c2ccc([C@]34CNC[C@H]3C4)cc2)cnc1N.Cl. The Hall–Kier alpha value is -2.11. The van der Waals surface area contributed by atoms with E-state index in [-0.39, 0.29) is 18.2 Å². The molecular weight excluding hydrogens is 326 g/mol. The van der Waals surface area contributed by atoms with Gasteiger partial charge in [-0.25, -0.2) is 9.78 Å². The lowest BCUT2D eigenvalue weighted by Gasteiger charge is -2.13. The summed E-state index contributed by atoms with van der Waals surface area (Å²) >= 11 is 0. The van der Waals surface area contributed by atoms with Crippen LogP contribution in [0, 0.1) is 5.92 Å². The Morgan fingerprint density at radius 1 is 1.33 bits per heavy atom. The van der Waals surface area contributed by atoms with Crippen LogP contribution in [0.4, 0.5) is 5.82 Å². The van der Waals surface area contributed by atoms with E-state index in [4.69, 9.17) is 10.5 Å². The molecule has 2 aromatic rings. The molecule has 1 aliphatic carbocycles. The number of benzene rings is 1. The summed E-state index contributed by atoms with van der Waals surface area (Å²) in [5, 5.41) is 3.46. The van der Waals surface area contributed by atoms with Gasteiger partial charge in [-0.2, -0.15) is 0 Å². The number of nitrogens with zero attached hydrogens (tertiary/aromatic N) is 1. The maximum Gasteiger partial charge on any atom is 0.341 e. The minimum absolute atomic E-state index is 0. The third kappa shape index (κ3) is 2.54. The van der Waals surface area contributed by atoms with Crippen molar-refractivity contribution in [3.8, 4) is 11.1 Å². The van der Waals surface area contributed by atoms with Crippen LogP contribution in [0.5, 0.6) is 0 Å². The fraction of sp³-hybridized carbons (Fsp3) is 0.333. The molecule has 0 unspecified atom stereocenters. The van der Waals surface area contributed by atoms with Gasteiger partial charge in [0.25, 0.3) is 0 Å². The standard InChI is InChI=1S/C18H19N3O2.ClH/c1-23-17(22)15-6-12(8-21-16(15)19)11-2-4-13(5-3-11)18-7-14(18)9-20-10-18;/h2-6,8,14,20H,7,9-10H2,1H3,(H2,19,21);1H/t14-,18+;/m1./s1. The van der Waals surface area contributed by atoms with Crippen LogP contribution in [-0.2, 0) is 10.2 Å². The Labute approximate surface area is 147 Å². The lowest BCUT2D eigenvalue weighted by atomic mass is 9.93. The molecule has 1 saturated heterocycles. The summed E-state index contributed by atoms with van der Waals surface area (Å²) < 4.78 is 4.75. The average molecular weight is 346 g/mol. The molecule has 0 radical (unpaired) electrons. The van der Waals surface area contributed by atoms with Crippen molar-refractivity contribution in [3.63, 3.8) is 0 Å². The highest BCUT2D eigenvalue weighted by Gasteiger charge is 2.57. The Balaban J connectivity index is 0.00000169. The van der Waals surface area contributed by atoms with Crippen LogP contribution < -0.4 is 11.1 Å². The van der Waals surface area contributed by atoms with Gasteiger partial charge in [0.2, 0.25) is 0 Å². The number of carbonyl (C=O) groups excluding carboxylic acids is 1. The molecule has 2 aliphatic rings. The molecule has 0 bridgehead atoms. The molecule has 6 heteroatoms. The van der Waals surface area contributed by atoms with E-state index in [0.717, 1.165) is 30.1 Å². The van der Waals surface area contributed by atoms with Crippen LogP contribution in [0.2, 0.25) is 0 Å². The number of pyridine rings is 1. The van der Waals surface area contributed by atoms with Crippen LogP contribution in [0.1, 0.15) is 22.3 Å². The molecule has 24 heavy (non-hydrogen) atoms. The van der Waals surface area contributed by atoms with Crippen molar-refractivity contribution in [1.82, 2.24) is 10.3 Å². The second-order valence-electron chi connectivity index (χ2n) is 6.41. The predicted molar refractivity (Wildman–Crippen MR) is 95.3 cm³/mol. The first kappa shape index (κ1) is 16.7. The number of carbonyl (C=O) groups is 1. The normalized spacial score (nSPS) is 24.0. The predicted octanol–water partition coefficient (Wildman–Crippen LogP) is 2.40. The van der Waals surface area contributed by atoms with Gasteiger partial charge in [-0.3, -0.25) is 0 Å². The second kappa shape index (κ2) is 6.07. The number of fused-ring (bicyclic) bond motifs is 1. The molecule has 2 atom stereocenters. The van der Waals surface area contributed by atoms with Gasteiger partial charge in [0, 0.05) is 23.7 Å². The monoisotopic (exact) mass is 345 g/mol. The minimum atomic E-state index is -0.467. The Morgan fingerprint density at radius 3 is 2.67 bits per heavy atom. The molecule has 126 valence electrons. The Kier molecular flexibility index (Phi) is 4.24. The van der Waals surface area contributed by atoms with Crippen molar-refractivity contribution < 1.29 is 9.53 Å². The number of piperidine rings is 1. The van der Waals surface area contributed by atoms with E-state index < -0.39 is 5.97 Å². The lowest BCUT2D eigenvalue weighted by molar-refractivity contribution is 0.0601. The molecule has 1 aromatic heterocycles. The van der Waals surface area contributed by atoms with Gasteiger partial charge < -0.3 is 15.8 Å². The number of aromatic nitrogens is 1. The Morgan fingerprint density at radius 2 is 2.08 bits per heavy atom. The number of halogens is 1. The van der Waals surface area contributed by atoms with Crippen LogP contribution in [0.3, 0.4) is 0 Å². The van der Waals surface area contributed by atoms with E-state index >= 15 is 0 Å². The summed E-state index contributed by atoms with van der Waals surface area (Å²) in [4.78, 5) is 15.9. The number of esters is 1. The highest BCUT2D eigenvalue weighted by atomic mass is 35.5. The zero-order valence-corrected chi connectivity index (χ0v) is 14.2. The third-order valence-electron chi connectivity index (χ3n) is 5.18. The second-order valence-corrected chi connectivity index (χ2v) is 6.41. The van der Waals surface area contributed by atoms with Crippen molar-refractivity contribution in [2.45, 2.75) is 11.8 Å². The summed E-state index contributed by atoms with van der Waals surface area (Å²) in [5.74, 6) is 0.511. The van der Waals surface area contributed by atoms with Gasteiger partial charge in [0.15, 0.2) is 0 Å². The smallest absolute Gasteiger partial charge is 0.341 e. The number of ether oxygens (including phenoxy) is 1. The summed E-state index contributed by atoms with van der Waals surface area (Å²) in [6, 6.07) is 10.3. The van der Waals surface area contributed by atoms with E-state index in [1.54, 1.807) is 12.3 Å². The zero-order valence-electron chi connectivity index (χ0n) is 13.4. The fourth-order valence-corrected chi connectivity index (χ4v) is 3.69. The average Bonchev–Trinajstić information content (AvgIpc) is 3.16. The number of methoxy groups -OCH3 is 1. The first-order valence-electron chi connectivity index (χ1n) is 7.79. The van der Waals surface area contributed by atoms with E-state index in [1.165, 1.54) is 19.1 Å². The highest BCUT2D eigenvalue weighted by molar-refractivity contribution is 5.95. The van der Waals surface area contributed by atoms with E-state index in [9.17, 15) is 4.79 Å². The van der Waals surface area contributed by atoms with Gasteiger partial charge in [0.1, 0.15) is 11.4 Å². The number of hydrogen-bond donors (Lipinski definition) is 2. The van der Waals surface area contributed by atoms with E-state index in [2.05, 4.69) is 34.6 Å². The number of nitrogens with one attached hydrogen (secondary N) is 1. The first-order chi connectivity index (χ1) is 11.1. The van der Waals surface area contributed by atoms with E-state index in [1.807, 2.05) is 0 Å². The summed E-state index contributed by atoms with van der Waals surface area (Å²) in [5.41, 5.74) is 9.69. The molecule has 3 N–H and O–H groups in total. The molecular formula is C18H20ClN3O2. The highest BCUT2D eigenvalue weighted by Crippen LogP contribution is 2.56. The molecule has 5 nitrogen and oxygen atoms in total. The van der Waals surface area contributed by atoms with Crippen LogP contribution in [-0.4, -0.2) is 31.2 Å². The fourth-order valence-electron chi connectivity index (χ4n) is 3.69. The third-order valence-corrected chi connectivity index (χ3v) is 5.18. The van der Waals surface area contributed by atoms with Crippen molar-refractivity contribution in [3.05, 3.63) is 47.7 Å². The maximum absolute atomic E-state index is 11.7. The zero-order chi connectivity index (χ0) is 16.0. The van der Waals surface area contributed by atoms with Crippen LogP contribution in [0.25, 0.3) is 11.1 Å². The lowest BCUT2D eigenvalue weighted by Crippen LogP contribution is -2.19. The molecule has 1 aromatic carbocycles. The van der Waals surface area contributed by atoms with Crippen molar-refractivity contribution in [1.29, 1.82) is 0 Å². The van der Waals surface area contributed by atoms with Crippen molar-refractivity contribution in [2.24, 2.45) is 5.92 Å². The maximum atomic E-state index is 11.7. The molecule has 1 saturated carbocycles. The van der Waals surface area contributed by atoms with E-state index in [0.29, 0.717) is 11.0 Å². The first-order valence-corrected chi connectivity index (χ1v) is 7.79. The topological polar surface area (TPSA) is 77.2 Å². The number of nitrogen functional groups attached to an aromatic ring is 1. The van der Waals surface area contributed by atoms with Crippen LogP contribution in [0.15, 0.2) is 36.5 Å². The van der Waals surface area contributed by atoms with Gasteiger partial charge in [0.05, 0.1) is 7.11 Å². The molecule has 2 heterocycles. The van der Waals surface area contributed by atoms with Gasteiger partial charge >= 0.3 is 5.97 Å². The molecule has 4 rings (SSSR count). The number of nitrogens with two attached hydrogens (primary N) is 1. The molecule has 1 aliphatic heterocycles. The Bertz CT molecular complexity index is 778. The molecule has 0 spiro atoms. The number of anilines is 1. The minimum Gasteiger partial charge on any atom is -0.465 e. The molecule has 2 fully saturated rings. The number of rotatable bonds is 3. The summed E-state index contributed by atoms with van der Waals surface area (Å²) in [7, 11) is 1.34. The largest absolute Gasteiger partial charge is 0.465 e. The van der Waals surface area contributed by atoms with Gasteiger partial charge in [-0.05, 0) is 36.1 Å².